The molecule has 2 saturated heterocycles. The van der Waals surface area contributed by atoms with Crippen LogP contribution in [0.15, 0.2) is 42.7 Å². The molecule has 2 aliphatic rings. The monoisotopic (exact) mass is 414 g/mol. The van der Waals surface area contributed by atoms with Crippen molar-refractivity contribution in [1.82, 2.24) is 19.8 Å². The lowest BCUT2D eigenvalue weighted by molar-refractivity contribution is -0.143. The van der Waals surface area contributed by atoms with E-state index in [-0.39, 0.29) is 30.7 Å². The molecule has 8 heteroatoms. The minimum absolute atomic E-state index is 0.0960. The molecule has 2 aliphatic heterocycles. The Bertz CT molecular complexity index is 851. The standard InChI is InChI=1S/C21H26N4O3S/c1-2-27-18(26)14-25-20(19(23-21(25)29)16-8-3-4-10-22-16)17-9-5-11-24(17)13-15-7-6-12-28-15/h3-5,8-11,15,19-20H,2,6-7,12-14H2,1H3,(H,23,29)/t15-,19+,20-/m0/s1. The fourth-order valence-corrected chi connectivity index (χ4v) is 4.42. The first kappa shape index (κ1) is 19.8. The number of nitrogens with zero attached hydrogens (tertiary/aromatic N) is 3. The van der Waals surface area contributed by atoms with E-state index < -0.39 is 0 Å². The maximum atomic E-state index is 12.3. The molecular formula is C21H26N4O3S. The summed E-state index contributed by atoms with van der Waals surface area (Å²) in [6.45, 7) is 3.85. The Kier molecular flexibility index (Phi) is 6.10. The van der Waals surface area contributed by atoms with Crippen LogP contribution in [0.3, 0.4) is 0 Å². The highest BCUT2D eigenvalue weighted by Gasteiger charge is 2.42. The summed E-state index contributed by atoms with van der Waals surface area (Å²) in [6.07, 6.45) is 6.22. The number of aromatic nitrogens is 2. The van der Waals surface area contributed by atoms with Gasteiger partial charge < -0.3 is 24.3 Å². The van der Waals surface area contributed by atoms with Gasteiger partial charge in [-0.2, -0.15) is 0 Å². The topological polar surface area (TPSA) is 68.6 Å². The van der Waals surface area contributed by atoms with Crippen LogP contribution in [0.25, 0.3) is 0 Å². The van der Waals surface area contributed by atoms with Gasteiger partial charge in [0.25, 0.3) is 0 Å². The Morgan fingerprint density at radius 2 is 2.28 bits per heavy atom. The van der Waals surface area contributed by atoms with Crippen molar-refractivity contribution in [2.24, 2.45) is 0 Å². The number of rotatable bonds is 7. The third-order valence-electron chi connectivity index (χ3n) is 5.39. The molecule has 0 radical (unpaired) electrons. The van der Waals surface area contributed by atoms with Gasteiger partial charge in [-0.15, -0.1) is 0 Å². The minimum atomic E-state index is -0.291. The number of hydrogen-bond donors (Lipinski definition) is 1. The molecule has 0 unspecified atom stereocenters. The zero-order valence-corrected chi connectivity index (χ0v) is 17.3. The molecular weight excluding hydrogens is 388 g/mol. The molecule has 4 rings (SSSR count). The number of pyridine rings is 1. The molecule has 2 fully saturated rings. The third-order valence-corrected chi connectivity index (χ3v) is 5.75. The van der Waals surface area contributed by atoms with Crippen LogP contribution in [-0.2, 0) is 20.8 Å². The second-order valence-electron chi connectivity index (χ2n) is 7.28. The van der Waals surface area contributed by atoms with Gasteiger partial charge in [0.2, 0.25) is 0 Å². The lowest BCUT2D eigenvalue weighted by atomic mass is 10.0. The molecule has 2 aromatic heterocycles. The Morgan fingerprint density at radius 1 is 1.38 bits per heavy atom. The summed E-state index contributed by atoms with van der Waals surface area (Å²) in [5.74, 6) is -0.291. The summed E-state index contributed by atoms with van der Waals surface area (Å²) in [7, 11) is 0. The Hall–Kier alpha value is -2.45. The van der Waals surface area contributed by atoms with Crippen LogP contribution in [0, 0.1) is 0 Å². The Morgan fingerprint density at radius 3 is 3.00 bits per heavy atom. The number of esters is 1. The Balaban J connectivity index is 1.67. The average molecular weight is 415 g/mol. The van der Waals surface area contributed by atoms with Crippen LogP contribution in [0.4, 0.5) is 0 Å². The number of ether oxygens (including phenoxy) is 2. The summed E-state index contributed by atoms with van der Waals surface area (Å²) in [6, 6.07) is 9.63. The summed E-state index contributed by atoms with van der Waals surface area (Å²) < 4.78 is 13.2. The first-order valence-corrected chi connectivity index (χ1v) is 10.5. The largest absolute Gasteiger partial charge is 0.465 e. The van der Waals surface area contributed by atoms with E-state index >= 15 is 0 Å². The van der Waals surface area contributed by atoms with Crippen molar-refractivity contribution in [2.75, 3.05) is 19.8 Å². The fraction of sp³-hybridized carbons (Fsp3) is 0.476. The molecule has 154 valence electrons. The summed E-state index contributed by atoms with van der Waals surface area (Å²) in [5, 5.41) is 3.90. The van der Waals surface area contributed by atoms with Gasteiger partial charge in [0.15, 0.2) is 5.11 Å². The smallest absolute Gasteiger partial charge is 0.325 e. The first-order chi connectivity index (χ1) is 14.2. The third kappa shape index (κ3) is 4.28. The van der Waals surface area contributed by atoms with E-state index in [9.17, 15) is 4.79 Å². The molecule has 4 heterocycles. The molecule has 1 N–H and O–H groups in total. The summed E-state index contributed by atoms with van der Waals surface area (Å²) in [5.41, 5.74) is 1.96. The van der Waals surface area contributed by atoms with E-state index in [1.807, 2.05) is 29.2 Å². The average Bonchev–Trinajstić information content (AvgIpc) is 3.45. The lowest BCUT2D eigenvalue weighted by Gasteiger charge is -2.28. The zero-order chi connectivity index (χ0) is 20.2. The molecule has 0 saturated carbocycles. The molecule has 0 aliphatic carbocycles. The minimum Gasteiger partial charge on any atom is -0.465 e. The van der Waals surface area contributed by atoms with E-state index in [2.05, 4.69) is 27.1 Å². The van der Waals surface area contributed by atoms with Crippen molar-refractivity contribution in [3.8, 4) is 0 Å². The van der Waals surface area contributed by atoms with Gasteiger partial charge in [0.1, 0.15) is 6.54 Å². The second kappa shape index (κ2) is 8.92. The molecule has 3 atom stereocenters. The van der Waals surface area contributed by atoms with Crippen molar-refractivity contribution < 1.29 is 14.3 Å². The van der Waals surface area contributed by atoms with Crippen molar-refractivity contribution in [3.63, 3.8) is 0 Å². The number of hydrogen-bond acceptors (Lipinski definition) is 5. The van der Waals surface area contributed by atoms with Gasteiger partial charge in [-0.1, -0.05) is 6.07 Å². The van der Waals surface area contributed by atoms with E-state index in [1.165, 1.54) is 0 Å². The van der Waals surface area contributed by atoms with E-state index in [4.69, 9.17) is 21.7 Å². The molecule has 7 nitrogen and oxygen atoms in total. The fourth-order valence-electron chi connectivity index (χ4n) is 4.11. The normalized spacial score (nSPS) is 24.0. The van der Waals surface area contributed by atoms with Crippen LogP contribution in [0.2, 0.25) is 0 Å². The summed E-state index contributed by atoms with van der Waals surface area (Å²) in [4.78, 5) is 18.7. The molecule has 2 aromatic rings. The number of thiocarbonyl (C=S) groups is 1. The highest BCUT2D eigenvalue weighted by molar-refractivity contribution is 7.80. The zero-order valence-electron chi connectivity index (χ0n) is 16.5. The molecule has 0 aromatic carbocycles. The second-order valence-corrected chi connectivity index (χ2v) is 7.67. The van der Waals surface area contributed by atoms with E-state index in [0.717, 1.165) is 37.4 Å². The first-order valence-electron chi connectivity index (χ1n) is 10.1. The van der Waals surface area contributed by atoms with Crippen LogP contribution < -0.4 is 5.32 Å². The van der Waals surface area contributed by atoms with Gasteiger partial charge in [-0.05, 0) is 56.2 Å². The summed E-state index contributed by atoms with van der Waals surface area (Å²) >= 11 is 5.60. The van der Waals surface area contributed by atoms with Crippen LogP contribution in [-0.4, -0.2) is 51.4 Å². The molecule has 0 bridgehead atoms. The van der Waals surface area contributed by atoms with Crippen molar-refractivity contribution in [1.29, 1.82) is 0 Å². The SMILES string of the molecule is CCOC(=O)CN1C(=S)N[C@H](c2ccccn2)[C@@H]1c1cccn1C[C@@H]1CCCO1. The van der Waals surface area contributed by atoms with Crippen LogP contribution >= 0.6 is 12.2 Å². The quantitative estimate of drug-likeness (QED) is 0.552. The highest BCUT2D eigenvalue weighted by Crippen LogP contribution is 2.38. The van der Waals surface area contributed by atoms with Gasteiger partial charge in [0.05, 0.1) is 30.5 Å². The highest BCUT2D eigenvalue weighted by atomic mass is 32.1. The van der Waals surface area contributed by atoms with Crippen molar-refractivity contribution in [2.45, 2.75) is 44.5 Å². The molecule has 0 amide bonds. The number of carbonyl (C=O) groups is 1. The van der Waals surface area contributed by atoms with Crippen molar-refractivity contribution >= 4 is 23.3 Å². The predicted molar refractivity (Wildman–Crippen MR) is 112 cm³/mol. The van der Waals surface area contributed by atoms with Gasteiger partial charge >= 0.3 is 5.97 Å². The van der Waals surface area contributed by atoms with Crippen molar-refractivity contribution in [3.05, 3.63) is 54.1 Å². The van der Waals surface area contributed by atoms with Gasteiger partial charge in [-0.3, -0.25) is 9.78 Å². The van der Waals surface area contributed by atoms with E-state index in [0.29, 0.717) is 11.7 Å². The van der Waals surface area contributed by atoms with Crippen LogP contribution in [0.5, 0.6) is 0 Å². The molecule has 29 heavy (non-hydrogen) atoms. The molecule has 0 spiro atoms. The number of nitrogens with one attached hydrogen (secondary N) is 1. The predicted octanol–water partition coefficient (Wildman–Crippen LogP) is 2.60. The maximum absolute atomic E-state index is 12.3. The van der Waals surface area contributed by atoms with E-state index in [1.54, 1.807) is 13.1 Å². The lowest BCUT2D eigenvalue weighted by Crippen LogP contribution is -2.36. The maximum Gasteiger partial charge on any atom is 0.325 e. The van der Waals surface area contributed by atoms with Gasteiger partial charge in [-0.25, -0.2) is 0 Å². The Labute approximate surface area is 176 Å². The van der Waals surface area contributed by atoms with Gasteiger partial charge in [0, 0.05) is 31.2 Å². The number of carbonyl (C=O) groups excluding carboxylic acids is 1. The van der Waals surface area contributed by atoms with Crippen LogP contribution in [0.1, 0.15) is 43.2 Å².